The number of ether oxygens (including phenoxy) is 1. The van der Waals surface area contributed by atoms with Gasteiger partial charge in [0.2, 0.25) is 5.91 Å². The van der Waals surface area contributed by atoms with E-state index in [2.05, 4.69) is 15.3 Å². The SMILES string of the molecule is NC(=O)CC(C=O)[C@H](Nc1nccc2c1[nH]c1ccccc12)C(=O)OCc1ccccc1. The fraction of sp³-hybridized carbons (Fsp3) is 0.167. The standard InChI is InChI=1S/C24H22N4O4/c25-20(30)12-16(13-29)21(24(31)32-14-15-6-2-1-3-7-15)28-23-22-18(10-11-26-23)17-8-4-5-9-19(17)27-22/h1-11,13,16,21,27H,12,14H2,(H2,25,30)(H,26,28)/t16?,21-/m0/s1. The summed E-state index contributed by atoms with van der Waals surface area (Å²) in [6.07, 6.45) is 1.85. The second-order valence-corrected chi connectivity index (χ2v) is 7.44. The summed E-state index contributed by atoms with van der Waals surface area (Å²) in [5, 5.41) is 4.93. The van der Waals surface area contributed by atoms with Gasteiger partial charge in [0, 0.05) is 28.9 Å². The van der Waals surface area contributed by atoms with Gasteiger partial charge in [0.25, 0.3) is 0 Å². The van der Waals surface area contributed by atoms with Crippen molar-refractivity contribution in [2.75, 3.05) is 5.32 Å². The Morgan fingerprint density at radius 1 is 1.06 bits per heavy atom. The molecule has 32 heavy (non-hydrogen) atoms. The van der Waals surface area contributed by atoms with Crippen molar-refractivity contribution in [1.29, 1.82) is 0 Å². The summed E-state index contributed by atoms with van der Waals surface area (Å²) in [7, 11) is 0. The van der Waals surface area contributed by atoms with Crippen molar-refractivity contribution in [3.63, 3.8) is 0 Å². The quantitative estimate of drug-likeness (QED) is 0.277. The largest absolute Gasteiger partial charge is 0.459 e. The number of esters is 1. The third-order valence-electron chi connectivity index (χ3n) is 5.24. The third kappa shape index (κ3) is 4.44. The van der Waals surface area contributed by atoms with Gasteiger partial charge in [0.05, 0.1) is 11.4 Å². The summed E-state index contributed by atoms with van der Waals surface area (Å²) in [6, 6.07) is 17.7. The number of fused-ring (bicyclic) bond motifs is 3. The van der Waals surface area contributed by atoms with E-state index < -0.39 is 23.8 Å². The topological polar surface area (TPSA) is 127 Å². The summed E-state index contributed by atoms with van der Waals surface area (Å²) >= 11 is 0. The van der Waals surface area contributed by atoms with Crippen molar-refractivity contribution in [1.82, 2.24) is 9.97 Å². The minimum atomic E-state index is -1.15. The van der Waals surface area contributed by atoms with Gasteiger partial charge in [-0.25, -0.2) is 9.78 Å². The molecule has 0 aliphatic carbocycles. The zero-order valence-corrected chi connectivity index (χ0v) is 17.2. The molecule has 0 radical (unpaired) electrons. The first-order valence-electron chi connectivity index (χ1n) is 10.1. The maximum Gasteiger partial charge on any atom is 0.329 e. The number of aldehydes is 1. The first-order valence-corrected chi connectivity index (χ1v) is 10.1. The number of nitrogens with one attached hydrogen (secondary N) is 2. The molecule has 2 heterocycles. The number of benzene rings is 2. The highest BCUT2D eigenvalue weighted by atomic mass is 16.5. The lowest BCUT2D eigenvalue weighted by atomic mass is 9.97. The van der Waals surface area contributed by atoms with Gasteiger partial charge in [-0.15, -0.1) is 0 Å². The van der Waals surface area contributed by atoms with Crippen LogP contribution in [0.25, 0.3) is 21.8 Å². The van der Waals surface area contributed by atoms with Crippen LogP contribution < -0.4 is 11.1 Å². The van der Waals surface area contributed by atoms with Gasteiger partial charge < -0.3 is 25.6 Å². The van der Waals surface area contributed by atoms with Crippen LogP contribution >= 0.6 is 0 Å². The number of para-hydroxylation sites is 1. The van der Waals surface area contributed by atoms with E-state index in [0.717, 1.165) is 21.9 Å². The van der Waals surface area contributed by atoms with E-state index in [1.807, 2.05) is 60.7 Å². The number of H-pyrrole nitrogens is 1. The summed E-state index contributed by atoms with van der Waals surface area (Å²) in [6.45, 7) is 0.0318. The van der Waals surface area contributed by atoms with Gasteiger partial charge in [-0.3, -0.25) is 4.79 Å². The highest BCUT2D eigenvalue weighted by Crippen LogP contribution is 2.29. The Bertz CT molecular complexity index is 1270. The zero-order valence-electron chi connectivity index (χ0n) is 17.2. The molecule has 2 atom stereocenters. The molecule has 0 saturated heterocycles. The number of nitrogens with two attached hydrogens (primary N) is 1. The zero-order chi connectivity index (χ0) is 22.5. The maximum absolute atomic E-state index is 13.0. The molecule has 2 aromatic heterocycles. The first kappa shape index (κ1) is 21.0. The van der Waals surface area contributed by atoms with E-state index in [4.69, 9.17) is 10.5 Å². The minimum Gasteiger partial charge on any atom is -0.459 e. The summed E-state index contributed by atoms with van der Waals surface area (Å²) in [5.74, 6) is -2.02. The molecule has 0 saturated carbocycles. The van der Waals surface area contributed by atoms with E-state index in [9.17, 15) is 14.4 Å². The van der Waals surface area contributed by atoms with Crippen LogP contribution in [0.1, 0.15) is 12.0 Å². The van der Waals surface area contributed by atoms with Gasteiger partial charge in [0.1, 0.15) is 18.9 Å². The number of anilines is 1. The molecule has 1 unspecified atom stereocenters. The molecule has 0 aliphatic heterocycles. The second kappa shape index (κ2) is 9.30. The number of hydrogen-bond donors (Lipinski definition) is 3. The van der Waals surface area contributed by atoms with Gasteiger partial charge in [-0.2, -0.15) is 0 Å². The molecule has 8 heteroatoms. The van der Waals surface area contributed by atoms with Gasteiger partial charge in [-0.05, 0) is 17.7 Å². The van der Waals surface area contributed by atoms with Crippen LogP contribution in [0.4, 0.5) is 5.82 Å². The second-order valence-electron chi connectivity index (χ2n) is 7.44. The van der Waals surface area contributed by atoms with Crippen molar-refractivity contribution in [3.05, 3.63) is 72.4 Å². The molecule has 2 aromatic carbocycles. The van der Waals surface area contributed by atoms with Gasteiger partial charge >= 0.3 is 5.97 Å². The molecule has 0 fully saturated rings. The Morgan fingerprint density at radius 3 is 2.56 bits per heavy atom. The smallest absolute Gasteiger partial charge is 0.329 e. The van der Waals surface area contributed by atoms with E-state index in [1.54, 1.807) is 6.20 Å². The number of carbonyl (C=O) groups excluding carboxylic acids is 3. The molecular formula is C24H22N4O4. The number of rotatable bonds is 9. The highest BCUT2D eigenvalue weighted by Gasteiger charge is 2.32. The fourth-order valence-electron chi connectivity index (χ4n) is 3.67. The minimum absolute atomic E-state index is 0.0318. The van der Waals surface area contributed by atoms with Crippen LogP contribution in [0.2, 0.25) is 0 Å². The highest BCUT2D eigenvalue weighted by molar-refractivity contribution is 6.10. The maximum atomic E-state index is 13.0. The lowest BCUT2D eigenvalue weighted by Crippen LogP contribution is -2.41. The number of carbonyl (C=O) groups is 3. The molecule has 0 aliphatic rings. The lowest BCUT2D eigenvalue weighted by Gasteiger charge is -2.22. The van der Waals surface area contributed by atoms with Gasteiger partial charge in [-0.1, -0.05) is 48.5 Å². The van der Waals surface area contributed by atoms with Crippen molar-refractivity contribution in [2.45, 2.75) is 19.1 Å². The van der Waals surface area contributed by atoms with Crippen LogP contribution in [0.15, 0.2) is 66.9 Å². The van der Waals surface area contributed by atoms with E-state index >= 15 is 0 Å². The number of primary amides is 1. The monoisotopic (exact) mass is 430 g/mol. The number of aromatic nitrogens is 2. The number of amides is 1. The molecule has 0 bridgehead atoms. The molecule has 4 aromatic rings. The molecule has 162 valence electrons. The van der Waals surface area contributed by atoms with Crippen molar-refractivity contribution < 1.29 is 19.1 Å². The number of aromatic amines is 1. The molecule has 8 nitrogen and oxygen atoms in total. The van der Waals surface area contributed by atoms with Gasteiger partial charge in [0.15, 0.2) is 5.82 Å². The average molecular weight is 430 g/mol. The molecule has 4 N–H and O–H groups in total. The predicted octanol–water partition coefficient (Wildman–Crippen LogP) is 2.93. The summed E-state index contributed by atoms with van der Waals surface area (Å²) in [5.41, 5.74) is 7.69. The number of hydrogen-bond acceptors (Lipinski definition) is 6. The van der Waals surface area contributed by atoms with Crippen molar-refractivity contribution >= 4 is 45.8 Å². The molecule has 4 rings (SSSR count). The van der Waals surface area contributed by atoms with E-state index in [0.29, 0.717) is 17.6 Å². The summed E-state index contributed by atoms with van der Waals surface area (Å²) < 4.78 is 5.45. The third-order valence-corrected chi connectivity index (χ3v) is 5.24. The lowest BCUT2D eigenvalue weighted by molar-refractivity contribution is -0.148. The van der Waals surface area contributed by atoms with Crippen LogP contribution in [-0.4, -0.2) is 34.2 Å². The van der Waals surface area contributed by atoms with Crippen molar-refractivity contribution in [3.8, 4) is 0 Å². The Labute approximate surface area is 183 Å². The molecule has 1 amide bonds. The molecular weight excluding hydrogens is 408 g/mol. The van der Waals surface area contributed by atoms with Crippen LogP contribution in [-0.2, 0) is 25.7 Å². The average Bonchev–Trinajstić information content (AvgIpc) is 3.20. The van der Waals surface area contributed by atoms with E-state index in [-0.39, 0.29) is 13.0 Å². The van der Waals surface area contributed by atoms with E-state index in [1.165, 1.54) is 0 Å². The van der Waals surface area contributed by atoms with Crippen LogP contribution in [0.3, 0.4) is 0 Å². The van der Waals surface area contributed by atoms with Crippen LogP contribution in [0.5, 0.6) is 0 Å². The predicted molar refractivity (Wildman–Crippen MR) is 121 cm³/mol. The first-order chi connectivity index (χ1) is 15.6. The Balaban J connectivity index is 1.66. The molecule has 0 spiro atoms. The Kier molecular flexibility index (Phi) is 6.12. The Morgan fingerprint density at radius 2 is 1.81 bits per heavy atom. The summed E-state index contributed by atoms with van der Waals surface area (Å²) in [4.78, 5) is 43.9. The van der Waals surface area contributed by atoms with Crippen LogP contribution in [0, 0.1) is 5.92 Å². The Hall–Kier alpha value is -4.20. The van der Waals surface area contributed by atoms with Crippen molar-refractivity contribution in [2.24, 2.45) is 11.7 Å². The number of pyridine rings is 1. The number of nitrogens with zero attached hydrogens (tertiary/aromatic N) is 1. The fourth-order valence-corrected chi connectivity index (χ4v) is 3.67. The normalized spacial score (nSPS) is 12.9.